The van der Waals surface area contributed by atoms with Crippen LogP contribution in [0.3, 0.4) is 0 Å². The fraction of sp³-hybridized carbons (Fsp3) is 0.727. The van der Waals surface area contributed by atoms with E-state index in [4.69, 9.17) is 4.74 Å². The summed E-state index contributed by atoms with van der Waals surface area (Å²) in [5.41, 5.74) is 1.28. The van der Waals surface area contributed by atoms with E-state index in [1.54, 1.807) is 0 Å². The van der Waals surface area contributed by atoms with Gasteiger partial charge in [0.05, 0.1) is 12.2 Å². The highest BCUT2D eigenvalue weighted by molar-refractivity contribution is 5.96. The van der Waals surface area contributed by atoms with Crippen molar-refractivity contribution < 1.29 is 19.0 Å². The number of likely N-dealkylation sites (N-methyl/N-ethyl adjacent to an activating group) is 1. The van der Waals surface area contributed by atoms with E-state index in [-0.39, 0.29) is 28.6 Å². The number of allylic oxidation sites excluding steroid dienone is 1. The molecule has 4 nitrogen and oxygen atoms in total. The van der Waals surface area contributed by atoms with Crippen molar-refractivity contribution in [2.45, 2.75) is 95.6 Å². The average molecular weight is 524 g/mol. The second-order valence-corrected chi connectivity index (χ2v) is 13.9. The fourth-order valence-corrected chi connectivity index (χ4v) is 9.59. The fourth-order valence-electron chi connectivity index (χ4n) is 9.59. The normalized spacial score (nSPS) is 43.5. The van der Waals surface area contributed by atoms with Crippen LogP contribution in [-0.2, 0) is 9.53 Å². The van der Waals surface area contributed by atoms with Crippen molar-refractivity contribution in [3.8, 4) is 0 Å². The third-order valence-electron chi connectivity index (χ3n) is 12.0. The Morgan fingerprint density at radius 3 is 2.53 bits per heavy atom. The van der Waals surface area contributed by atoms with Gasteiger partial charge in [-0.2, -0.15) is 0 Å². The van der Waals surface area contributed by atoms with E-state index < -0.39 is 5.60 Å². The number of rotatable bonds is 6. The third kappa shape index (κ3) is 4.18. The van der Waals surface area contributed by atoms with Crippen LogP contribution in [0.15, 0.2) is 35.9 Å². The largest absolute Gasteiger partial charge is 0.387 e. The Hall–Kier alpha value is -1.72. The Morgan fingerprint density at radius 1 is 1.05 bits per heavy atom. The number of nitrogens with zero attached hydrogens (tertiary/aromatic N) is 1. The number of ether oxygens (including phenoxy) is 1. The number of benzene rings is 1. The molecule has 0 bridgehead atoms. The summed E-state index contributed by atoms with van der Waals surface area (Å²) < 4.78 is 19.1. The molecule has 0 spiro atoms. The van der Waals surface area contributed by atoms with Gasteiger partial charge in [-0.3, -0.25) is 4.79 Å². The van der Waals surface area contributed by atoms with Crippen LogP contribution < -0.4 is 0 Å². The van der Waals surface area contributed by atoms with Crippen LogP contribution in [0.25, 0.3) is 0 Å². The number of carbonyl (C=O) groups is 1. The minimum atomic E-state index is -0.642. The second-order valence-electron chi connectivity index (χ2n) is 13.9. The van der Waals surface area contributed by atoms with Gasteiger partial charge in [-0.25, -0.2) is 4.39 Å². The summed E-state index contributed by atoms with van der Waals surface area (Å²) >= 11 is 0. The summed E-state index contributed by atoms with van der Waals surface area (Å²) in [4.78, 5) is 16.0. The zero-order valence-corrected chi connectivity index (χ0v) is 23.7. The number of halogens is 1. The summed E-state index contributed by atoms with van der Waals surface area (Å²) in [5, 5.41) is 11.2. The lowest BCUT2D eigenvalue weighted by Gasteiger charge is -2.56. The molecule has 38 heavy (non-hydrogen) atoms. The molecule has 0 saturated heterocycles. The highest BCUT2D eigenvalue weighted by atomic mass is 19.1. The molecule has 5 aliphatic carbocycles. The van der Waals surface area contributed by atoms with Gasteiger partial charge in [-0.1, -0.05) is 25.1 Å². The Kier molecular flexibility index (Phi) is 6.58. The van der Waals surface area contributed by atoms with Gasteiger partial charge >= 0.3 is 0 Å². The van der Waals surface area contributed by atoms with Crippen molar-refractivity contribution in [2.75, 3.05) is 20.3 Å². The predicted molar refractivity (Wildman–Crippen MR) is 147 cm³/mol. The van der Waals surface area contributed by atoms with Crippen molar-refractivity contribution in [1.82, 2.24) is 4.90 Å². The maximum absolute atomic E-state index is 14.0. The molecule has 9 atom stereocenters. The van der Waals surface area contributed by atoms with E-state index in [1.165, 1.54) is 31.4 Å². The molecule has 6 rings (SSSR count). The molecule has 0 aromatic heterocycles. The van der Waals surface area contributed by atoms with Crippen LogP contribution in [0.5, 0.6) is 0 Å². The van der Waals surface area contributed by atoms with Gasteiger partial charge in [-0.05, 0) is 119 Å². The average Bonchev–Trinajstić information content (AvgIpc) is 3.47. The SMILES string of the molecule is CCOC[C@@]1(O)CC[C@H]2C(CC[C@@H]3[C@@H]2CC[C@]2(C)C(C(=O)N(C)[C@@]4(C)CC4c4ccc(F)cc4)=CC[C@@H]32)C1. The molecule has 2 unspecified atom stereocenters. The van der Waals surface area contributed by atoms with E-state index >= 15 is 0 Å². The smallest absolute Gasteiger partial charge is 0.250 e. The van der Waals surface area contributed by atoms with Crippen LogP contribution in [0.1, 0.15) is 90.0 Å². The van der Waals surface area contributed by atoms with Crippen LogP contribution in [0, 0.1) is 40.8 Å². The number of hydrogen-bond acceptors (Lipinski definition) is 3. The number of aliphatic hydroxyl groups is 1. The summed E-state index contributed by atoms with van der Waals surface area (Å²) in [6.45, 7) is 7.70. The topological polar surface area (TPSA) is 49.8 Å². The maximum Gasteiger partial charge on any atom is 0.250 e. The highest BCUT2D eigenvalue weighted by Gasteiger charge is 2.60. The minimum absolute atomic E-state index is 0.0413. The van der Waals surface area contributed by atoms with Crippen LogP contribution >= 0.6 is 0 Å². The molecule has 4 saturated carbocycles. The minimum Gasteiger partial charge on any atom is -0.387 e. The van der Waals surface area contributed by atoms with Crippen molar-refractivity contribution >= 4 is 5.91 Å². The zero-order chi connectivity index (χ0) is 26.9. The molecular weight excluding hydrogens is 477 g/mol. The molecule has 0 aliphatic heterocycles. The number of amides is 1. The lowest BCUT2D eigenvalue weighted by Crippen LogP contribution is -2.52. The monoisotopic (exact) mass is 523 g/mol. The Labute approximate surface area is 228 Å². The third-order valence-corrected chi connectivity index (χ3v) is 12.0. The highest BCUT2D eigenvalue weighted by Crippen LogP contribution is 2.64. The van der Waals surface area contributed by atoms with E-state index in [9.17, 15) is 14.3 Å². The molecule has 5 aliphatic rings. The van der Waals surface area contributed by atoms with Gasteiger partial charge in [0.25, 0.3) is 0 Å². The quantitative estimate of drug-likeness (QED) is 0.464. The predicted octanol–water partition coefficient (Wildman–Crippen LogP) is 6.49. The standard InChI is InChI=1S/C33H46FNO3/c1-5-38-20-33(37)17-15-24-22(18-33)8-11-26-25(24)14-16-31(2)27(26)12-13-28(31)30(36)35(4)32(3)19-29(32)21-6-9-23(34)10-7-21/h6-7,9-10,13,22,24-27,29,37H,5,8,11-12,14-20H2,1-4H3/t22?,24-,25+,26+,27-,29?,31-,32-,33+/m0/s1. The maximum atomic E-state index is 14.0. The van der Waals surface area contributed by atoms with Gasteiger partial charge in [0.15, 0.2) is 0 Å². The van der Waals surface area contributed by atoms with Gasteiger partial charge in [-0.15, -0.1) is 0 Å². The molecule has 208 valence electrons. The first-order chi connectivity index (χ1) is 18.1. The first kappa shape index (κ1) is 26.5. The van der Waals surface area contributed by atoms with E-state index in [2.05, 4.69) is 19.9 Å². The summed E-state index contributed by atoms with van der Waals surface area (Å²) in [5.74, 6) is 3.54. The summed E-state index contributed by atoms with van der Waals surface area (Å²) in [6, 6.07) is 6.80. The number of fused-ring (bicyclic) bond motifs is 5. The van der Waals surface area contributed by atoms with Gasteiger partial charge < -0.3 is 14.7 Å². The molecule has 0 heterocycles. The van der Waals surface area contributed by atoms with Gasteiger partial charge in [0.1, 0.15) is 5.82 Å². The number of hydrogen-bond donors (Lipinski definition) is 1. The second kappa shape index (κ2) is 9.44. The van der Waals surface area contributed by atoms with Crippen LogP contribution in [-0.4, -0.2) is 47.3 Å². The Bertz CT molecular complexity index is 1100. The summed E-state index contributed by atoms with van der Waals surface area (Å²) in [7, 11) is 1.98. The molecule has 1 aromatic carbocycles. The molecule has 5 heteroatoms. The van der Waals surface area contributed by atoms with Crippen molar-refractivity contribution in [1.29, 1.82) is 0 Å². The van der Waals surface area contributed by atoms with Gasteiger partial charge in [0, 0.05) is 36.1 Å². The molecular formula is C33H46FNO3. The van der Waals surface area contributed by atoms with E-state index in [0.29, 0.717) is 36.9 Å². The Balaban J connectivity index is 1.13. The van der Waals surface area contributed by atoms with E-state index in [0.717, 1.165) is 55.6 Å². The van der Waals surface area contributed by atoms with Crippen molar-refractivity contribution in [3.05, 3.63) is 47.3 Å². The summed E-state index contributed by atoms with van der Waals surface area (Å²) in [6.07, 6.45) is 11.8. The first-order valence-corrected chi connectivity index (χ1v) is 15.1. The number of carbonyl (C=O) groups excluding carboxylic acids is 1. The molecule has 1 aromatic rings. The molecule has 0 radical (unpaired) electrons. The molecule has 4 fully saturated rings. The lowest BCUT2D eigenvalue weighted by atomic mass is 9.49. The lowest BCUT2D eigenvalue weighted by molar-refractivity contribution is -0.134. The molecule has 1 amide bonds. The zero-order valence-electron chi connectivity index (χ0n) is 23.7. The first-order valence-electron chi connectivity index (χ1n) is 15.1. The molecule has 1 N–H and O–H groups in total. The van der Waals surface area contributed by atoms with Crippen LogP contribution in [0.4, 0.5) is 4.39 Å². The Morgan fingerprint density at radius 2 is 1.79 bits per heavy atom. The van der Waals surface area contributed by atoms with Crippen molar-refractivity contribution in [3.63, 3.8) is 0 Å². The van der Waals surface area contributed by atoms with Gasteiger partial charge in [0.2, 0.25) is 5.91 Å². The van der Waals surface area contributed by atoms with Crippen molar-refractivity contribution in [2.24, 2.45) is 35.0 Å². The van der Waals surface area contributed by atoms with Crippen LogP contribution in [0.2, 0.25) is 0 Å². The van der Waals surface area contributed by atoms with E-state index in [1.807, 2.05) is 31.0 Å².